The molecule has 6 rings (SSSR count). The molecule has 0 saturated heterocycles. The third-order valence-electron chi connectivity index (χ3n) is 8.21. The minimum Gasteiger partial charge on any atom is -0.507 e. The molecule has 0 saturated carbocycles. The van der Waals surface area contributed by atoms with Gasteiger partial charge in [0.2, 0.25) is 0 Å². The zero-order chi connectivity index (χ0) is 35.1. The number of pyridine rings is 1. The molecule has 49 heavy (non-hydrogen) atoms. The SMILES string of the molecule is Cc1cccc(C)c1Nc1cccc2ccc(-c3cc(C(C)(C)C)cc(C(C)(C)C)c3O)nc12.[CH2-]c1ccccc1.[CH2-]c1ccccc1.[Hf]. The Bertz CT molecular complexity index is 1900. The summed E-state index contributed by atoms with van der Waals surface area (Å²) < 4.78 is 0. The van der Waals surface area contributed by atoms with Gasteiger partial charge in [-0.1, -0.05) is 96.1 Å². The molecule has 0 amide bonds. The fourth-order valence-electron chi connectivity index (χ4n) is 5.33. The van der Waals surface area contributed by atoms with E-state index < -0.39 is 0 Å². The van der Waals surface area contributed by atoms with Crippen LogP contribution in [-0.4, -0.2) is 10.1 Å². The first kappa shape index (κ1) is 39.2. The summed E-state index contributed by atoms with van der Waals surface area (Å²) in [6.07, 6.45) is 0. The second kappa shape index (κ2) is 16.9. The largest absolute Gasteiger partial charge is 0.507 e. The molecule has 1 aromatic heterocycles. The van der Waals surface area contributed by atoms with Crippen LogP contribution >= 0.6 is 0 Å². The monoisotopic (exact) mass is 814 g/mol. The van der Waals surface area contributed by atoms with E-state index in [1.807, 2.05) is 66.7 Å². The van der Waals surface area contributed by atoms with Crippen molar-refractivity contribution in [1.29, 1.82) is 0 Å². The summed E-state index contributed by atoms with van der Waals surface area (Å²) in [5, 5.41) is 16.0. The molecule has 252 valence electrons. The van der Waals surface area contributed by atoms with Gasteiger partial charge in [0, 0.05) is 48.0 Å². The van der Waals surface area contributed by atoms with Gasteiger partial charge in [0.05, 0.1) is 16.9 Å². The fraction of sp³-hybridized carbons (Fsp3) is 0.222. The average molecular weight is 813 g/mol. The van der Waals surface area contributed by atoms with E-state index in [0.717, 1.165) is 50.2 Å². The number of fused-ring (bicyclic) bond motifs is 1. The minimum atomic E-state index is -0.188. The smallest absolute Gasteiger partial charge is 0.128 e. The standard InChI is InChI=1S/C31H36N2O.2C7H7.Hf/c1-19-11-9-12-20(2)27(19)33-26-14-10-13-21-15-16-25(32-28(21)26)23-17-22(30(3,4)5)18-24(29(23)34)31(6,7)8;2*1-7-5-3-2-4-6-7;/h9-18,33-34H,1-8H3;2*2-6H,1H2;/q;2*-1;. The quantitative estimate of drug-likeness (QED) is 0.138. The van der Waals surface area contributed by atoms with Crippen molar-refractivity contribution in [2.75, 3.05) is 5.32 Å². The molecular formula is C45H50HfN2O-2. The van der Waals surface area contributed by atoms with E-state index in [0.29, 0.717) is 5.75 Å². The van der Waals surface area contributed by atoms with Gasteiger partial charge in [0.1, 0.15) is 5.75 Å². The molecule has 3 nitrogen and oxygen atoms in total. The third-order valence-corrected chi connectivity index (χ3v) is 8.21. The summed E-state index contributed by atoms with van der Waals surface area (Å²) >= 11 is 0. The number of nitrogens with one attached hydrogen (secondary N) is 1. The third kappa shape index (κ3) is 10.6. The van der Waals surface area contributed by atoms with Crippen molar-refractivity contribution in [2.45, 2.75) is 66.2 Å². The van der Waals surface area contributed by atoms with Gasteiger partial charge < -0.3 is 10.4 Å². The topological polar surface area (TPSA) is 45.1 Å². The number of hydrogen-bond acceptors (Lipinski definition) is 3. The molecule has 0 aliphatic rings. The fourth-order valence-corrected chi connectivity index (χ4v) is 5.33. The maximum absolute atomic E-state index is 11.4. The molecule has 5 aromatic carbocycles. The van der Waals surface area contributed by atoms with Gasteiger partial charge in [-0.2, -0.15) is 49.2 Å². The van der Waals surface area contributed by atoms with Crippen LogP contribution in [0.4, 0.5) is 11.4 Å². The van der Waals surface area contributed by atoms with Crippen molar-refractivity contribution in [3.63, 3.8) is 0 Å². The van der Waals surface area contributed by atoms with Gasteiger partial charge in [-0.15, -0.1) is 24.3 Å². The number of phenolic OH excluding ortho intramolecular Hbond substituents is 1. The van der Waals surface area contributed by atoms with Crippen LogP contribution in [-0.2, 0) is 36.7 Å². The van der Waals surface area contributed by atoms with Gasteiger partial charge in [0.15, 0.2) is 0 Å². The second-order valence-electron chi connectivity index (χ2n) is 14.4. The van der Waals surface area contributed by atoms with Crippen molar-refractivity contribution >= 4 is 22.3 Å². The average Bonchev–Trinajstić information content (AvgIpc) is 3.03. The second-order valence-corrected chi connectivity index (χ2v) is 14.4. The zero-order valence-electron chi connectivity index (χ0n) is 30.4. The molecule has 0 aliphatic carbocycles. The molecule has 0 bridgehead atoms. The van der Waals surface area contributed by atoms with Gasteiger partial charge >= 0.3 is 0 Å². The van der Waals surface area contributed by atoms with Crippen molar-refractivity contribution in [3.05, 3.63) is 169 Å². The molecule has 0 fully saturated rings. The first-order chi connectivity index (χ1) is 22.6. The molecule has 6 aromatic rings. The molecular weight excluding hydrogens is 763 g/mol. The van der Waals surface area contributed by atoms with Crippen molar-refractivity contribution in [1.82, 2.24) is 4.98 Å². The summed E-state index contributed by atoms with van der Waals surface area (Å²) in [6.45, 7) is 24.7. The maximum atomic E-state index is 11.4. The predicted octanol–water partition coefficient (Wildman–Crippen LogP) is 12.3. The number of para-hydroxylation sites is 2. The Kier molecular flexibility index (Phi) is 13.5. The van der Waals surface area contributed by atoms with Crippen LogP contribution in [0.15, 0.2) is 121 Å². The number of benzene rings is 5. The Hall–Kier alpha value is -4.28. The summed E-state index contributed by atoms with van der Waals surface area (Å²) in [7, 11) is 0. The Morgan fingerprint density at radius 2 is 1.14 bits per heavy atom. The zero-order valence-corrected chi connectivity index (χ0v) is 33.9. The molecule has 1 heterocycles. The Morgan fingerprint density at radius 1 is 0.612 bits per heavy atom. The Balaban J connectivity index is 0.000000357. The van der Waals surface area contributed by atoms with E-state index in [9.17, 15) is 5.11 Å². The number of hydrogen-bond donors (Lipinski definition) is 2. The van der Waals surface area contributed by atoms with E-state index in [2.05, 4.69) is 129 Å². The first-order valence-electron chi connectivity index (χ1n) is 16.5. The van der Waals surface area contributed by atoms with E-state index in [4.69, 9.17) is 4.98 Å². The molecule has 0 radical (unpaired) electrons. The molecule has 0 spiro atoms. The van der Waals surface area contributed by atoms with Gasteiger partial charge in [0.25, 0.3) is 0 Å². The van der Waals surface area contributed by atoms with Gasteiger partial charge in [-0.3, -0.25) is 0 Å². The summed E-state index contributed by atoms with van der Waals surface area (Å²) in [5.74, 6) is 0.313. The van der Waals surface area contributed by atoms with E-state index in [1.165, 1.54) is 16.7 Å². The molecule has 4 heteroatoms. The number of nitrogens with zero attached hydrogens (tertiary/aromatic N) is 1. The molecule has 0 unspecified atom stereocenters. The van der Waals surface area contributed by atoms with Gasteiger partial charge in [-0.05, 0) is 59.6 Å². The van der Waals surface area contributed by atoms with Crippen LogP contribution in [0.3, 0.4) is 0 Å². The molecule has 2 N–H and O–H groups in total. The van der Waals surface area contributed by atoms with Crippen LogP contribution in [0, 0.1) is 27.7 Å². The van der Waals surface area contributed by atoms with Crippen LogP contribution in [0.5, 0.6) is 5.75 Å². The Morgan fingerprint density at radius 3 is 1.61 bits per heavy atom. The van der Waals surface area contributed by atoms with Crippen LogP contribution in [0.25, 0.3) is 22.2 Å². The van der Waals surface area contributed by atoms with E-state index in [-0.39, 0.29) is 36.7 Å². The summed E-state index contributed by atoms with van der Waals surface area (Å²) in [6, 6.07) is 40.6. The normalized spacial score (nSPS) is 10.9. The summed E-state index contributed by atoms with van der Waals surface area (Å²) in [5.41, 5.74) is 10.9. The molecule has 0 atom stereocenters. The summed E-state index contributed by atoms with van der Waals surface area (Å²) in [4.78, 5) is 5.09. The number of phenols is 1. The number of aryl methyl sites for hydroxylation is 2. The van der Waals surface area contributed by atoms with E-state index in [1.54, 1.807) is 0 Å². The number of aromatic hydroxyl groups is 1. The van der Waals surface area contributed by atoms with Crippen molar-refractivity contribution in [3.8, 4) is 17.0 Å². The predicted molar refractivity (Wildman–Crippen MR) is 207 cm³/mol. The number of anilines is 2. The number of rotatable bonds is 3. The van der Waals surface area contributed by atoms with Crippen molar-refractivity contribution in [2.24, 2.45) is 0 Å². The number of aromatic nitrogens is 1. The molecule has 0 aliphatic heterocycles. The first-order valence-corrected chi connectivity index (χ1v) is 16.5. The van der Waals surface area contributed by atoms with E-state index >= 15 is 0 Å². The van der Waals surface area contributed by atoms with Crippen LogP contribution < -0.4 is 5.32 Å². The minimum absolute atomic E-state index is 0. The van der Waals surface area contributed by atoms with Crippen molar-refractivity contribution < 1.29 is 30.9 Å². The maximum Gasteiger partial charge on any atom is 0.128 e. The van der Waals surface area contributed by atoms with Gasteiger partial charge in [-0.25, -0.2) is 4.98 Å². The van der Waals surface area contributed by atoms with Crippen LogP contribution in [0.1, 0.15) is 74.9 Å². The van der Waals surface area contributed by atoms with Crippen LogP contribution in [0.2, 0.25) is 0 Å². The Labute approximate surface area is 313 Å².